The third-order valence-corrected chi connectivity index (χ3v) is 5.18. The van der Waals surface area contributed by atoms with Gasteiger partial charge in [-0.3, -0.25) is 4.79 Å². The number of ether oxygens (including phenoxy) is 2. The normalized spacial score (nSPS) is 15.8. The average molecular weight is 449 g/mol. The van der Waals surface area contributed by atoms with E-state index in [0.29, 0.717) is 5.75 Å². The second-order valence-corrected chi connectivity index (χ2v) is 8.84. The maximum Gasteiger partial charge on any atom is 0.410 e. The molecule has 2 aromatic carbocycles. The molecule has 3 rings (SSSR count). The molecule has 0 aliphatic carbocycles. The first-order chi connectivity index (χ1) is 14.6. The summed E-state index contributed by atoms with van der Waals surface area (Å²) in [6, 6.07) is 13.3. The molecule has 0 radical (unpaired) electrons. The van der Waals surface area contributed by atoms with E-state index in [4.69, 9.17) is 21.1 Å². The Morgan fingerprint density at radius 3 is 2.32 bits per heavy atom. The first-order valence-corrected chi connectivity index (χ1v) is 10.4. The molecule has 1 fully saturated rings. The minimum absolute atomic E-state index is 0.0249. The molecule has 0 unspecified atom stereocenters. The molecule has 2 aromatic rings. The number of benzene rings is 2. The number of hydrogen-bond donors (Lipinski definition) is 1. The molecule has 1 N–H and O–H groups in total. The van der Waals surface area contributed by atoms with Crippen molar-refractivity contribution < 1.29 is 23.5 Å². The van der Waals surface area contributed by atoms with Crippen molar-refractivity contribution in [2.45, 2.75) is 44.8 Å². The van der Waals surface area contributed by atoms with Crippen LogP contribution in [0.5, 0.6) is 5.75 Å². The molecule has 31 heavy (non-hydrogen) atoms. The maximum absolute atomic E-state index is 14.3. The van der Waals surface area contributed by atoms with E-state index >= 15 is 0 Å². The fourth-order valence-corrected chi connectivity index (χ4v) is 3.48. The van der Waals surface area contributed by atoms with E-state index in [1.54, 1.807) is 56.0 Å². The standard InChI is InChI=1S/C23H26ClFN2O4/c1-22(2,3)31-21(29)27-14-12-23(13-15-27,30-16-8-5-4-6-9-16)20(28)26-18-11-7-10-17(24)19(18)25/h4-11H,12-15H2,1-3H3,(H,26,28). The van der Waals surface area contributed by atoms with Gasteiger partial charge >= 0.3 is 6.09 Å². The van der Waals surface area contributed by atoms with E-state index < -0.39 is 29.0 Å². The van der Waals surface area contributed by atoms with Crippen LogP contribution in [-0.4, -0.2) is 41.2 Å². The summed E-state index contributed by atoms with van der Waals surface area (Å²) in [5.41, 5.74) is -1.93. The minimum Gasteiger partial charge on any atom is -0.477 e. The molecule has 0 bridgehead atoms. The van der Waals surface area contributed by atoms with Crippen molar-refractivity contribution in [2.75, 3.05) is 18.4 Å². The lowest BCUT2D eigenvalue weighted by Crippen LogP contribution is -2.56. The van der Waals surface area contributed by atoms with Crippen LogP contribution in [0.3, 0.4) is 0 Å². The van der Waals surface area contributed by atoms with Gasteiger partial charge in [-0.2, -0.15) is 0 Å². The van der Waals surface area contributed by atoms with Gasteiger partial charge in [0.1, 0.15) is 11.4 Å². The Morgan fingerprint density at radius 2 is 1.71 bits per heavy atom. The summed E-state index contributed by atoms with van der Waals surface area (Å²) in [5.74, 6) is -0.699. The van der Waals surface area contributed by atoms with Gasteiger partial charge in [0.05, 0.1) is 10.7 Å². The largest absolute Gasteiger partial charge is 0.477 e. The van der Waals surface area contributed by atoms with E-state index in [2.05, 4.69) is 5.32 Å². The van der Waals surface area contributed by atoms with Gasteiger partial charge in [-0.25, -0.2) is 9.18 Å². The van der Waals surface area contributed by atoms with Gasteiger partial charge in [-0.1, -0.05) is 35.9 Å². The molecular weight excluding hydrogens is 423 g/mol. The Hall–Kier alpha value is -2.80. The molecule has 1 aliphatic rings. The van der Waals surface area contributed by atoms with Crippen molar-refractivity contribution in [2.24, 2.45) is 0 Å². The Bertz CT molecular complexity index is 938. The Kier molecular flexibility index (Phi) is 6.74. The van der Waals surface area contributed by atoms with Crippen LogP contribution >= 0.6 is 11.6 Å². The molecule has 1 saturated heterocycles. The van der Waals surface area contributed by atoms with Crippen molar-refractivity contribution in [1.29, 1.82) is 0 Å². The van der Waals surface area contributed by atoms with Gasteiger partial charge in [0.2, 0.25) is 0 Å². The van der Waals surface area contributed by atoms with E-state index in [-0.39, 0.29) is 36.6 Å². The number of likely N-dealkylation sites (tertiary alicyclic amines) is 1. The lowest BCUT2D eigenvalue weighted by atomic mass is 9.89. The first kappa shape index (κ1) is 22.9. The molecule has 1 aliphatic heterocycles. The van der Waals surface area contributed by atoms with Gasteiger partial charge in [0.15, 0.2) is 11.4 Å². The Labute approximate surface area is 186 Å². The molecule has 1 heterocycles. The van der Waals surface area contributed by atoms with Gasteiger partial charge in [-0.15, -0.1) is 0 Å². The van der Waals surface area contributed by atoms with Crippen LogP contribution in [0, 0.1) is 5.82 Å². The van der Waals surface area contributed by atoms with Crippen LogP contribution < -0.4 is 10.1 Å². The number of amides is 2. The van der Waals surface area contributed by atoms with Crippen LogP contribution in [0.25, 0.3) is 0 Å². The van der Waals surface area contributed by atoms with Crippen molar-refractivity contribution >= 4 is 29.3 Å². The van der Waals surface area contributed by atoms with Crippen LogP contribution in [-0.2, 0) is 9.53 Å². The zero-order valence-electron chi connectivity index (χ0n) is 17.8. The molecule has 6 nitrogen and oxygen atoms in total. The van der Waals surface area contributed by atoms with Crippen molar-refractivity contribution in [3.8, 4) is 5.75 Å². The SMILES string of the molecule is CC(C)(C)OC(=O)N1CCC(Oc2ccccc2)(C(=O)Nc2cccc(Cl)c2F)CC1. The smallest absolute Gasteiger partial charge is 0.410 e. The van der Waals surface area contributed by atoms with E-state index in [1.807, 2.05) is 6.07 Å². The molecule has 0 aromatic heterocycles. The van der Waals surface area contributed by atoms with E-state index in [1.165, 1.54) is 12.1 Å². The number of piperidine rings is 1. The summed E-state index contributed by atoms with van der Waals surface area (Å²) in [5, 5.41) is 2.52. The highest BCUT2D eigenvalue weighted by atomic mass is 35.5. The average Bonchev–Trinajstić information content (AvgIpc) is 2.71. The summed E-state index contributed by atoms with van der Waals surface area (Å²) >= 11 is 5.84. The number of anilines is 1. The number of halogens is 2. The number of nitrogens with zero attached hydrogens (tertiary/aromatic N) is 1. The monoisotopic (exact) mass is 448 g/mol. The molecule has 0 spiro atoms. The second kappa shape index (κ2) is 9.14. The highest BCUT2D eigenvalue weighted by molar-refractivity contribution is 6.31. The van der Waals surface area contributed by atoms with Gasteiger partial charge in [0.25, 0.3) is 5.91 Å². The summed E-state index contributed by atoms with van der Waals surface area (Å²) < 4.78 is 25.9. The molecular formula is C23H26ClFN2O4. The summed E-state index contributed by atoms with van der Waals surface area (Å²) in [6.07, 6.45) is -0.00766. The molecule has 8 heteroatoms. The Balaban J connectivity index is 1.81. The zero-order chi connectivity index (χ0) is 22.6. The molecule has 2 amide bonds. The number of hydrogen-bond acceptors (Lipinski definition) is 4. The van der Waals surface area contributed by atoms with Crippen LogP contribution in [0.4, 0.5) is 14.9 Å². The number of carbonyl (C=O) groups excluding carboxylic acids is 2. The maximum atomic E-state index is 14.3. The first-order valence-electron chi connectivity index (χ1n) is 10.1. The predicted molar refractivity (Wildman–Crippen MR) is 117 cm³/mol. The van der Waals surface area contributed by atoms with Gasteiger partial charge in [-0.05, 0) is 45.0 Å². The number of nitrogens with one attached hydrogen (secondary N) is 1. The molecule has 0 atom stereocenters. The topological polar surface area (TPSA) is 67.9 Å². The highest BCUT2D eigenvalue weighted by Crippen LogP contribution is 2.32. The van der Waals surface area contributed by atoms with Crippen molar-refractivity contribution in [3.63, 3.8) is 0 Å². The molecule has 0 saturated carbocycles. The summed E-state index contributed by atoms with van der Waals surface area (Å²) in [7, 11) is 0. The fraction of sp³-hybridized carbons (Fsp3) is 0.391. The van der Waals surface area contributed by atoms with Crippen LogP contribution in [0.15, 0.2) is 48.5 Å². The quantitative estimate of drug-likeness (QED) is 0.692. The van der Waals surface area contributed by atoms with Crippen LogP contribution in [0.2, 0.25) is 5.02 Å². The Morgan fingerprint density at radius 1 is 1.06 bits per heavy atom. The zero-order valence-corrected chi connectivity index (χ0v) is 18.5. The minimum atomic E-state index is -1.28. The molecule has 166 valence electrons. The van der Waals surface area contributed by atoms with Crippen molar-refractivity contribution in [1.82, 2.24) is 4.90 Å². The van der Waals surface area contributed by atoms with Crippen molar-refractivity contribution in [3.05, 3.63) is 59.4 Å². The van der Waals surface area contributed by atoms with E-state index in [0.717, 1.165) is 0 Å². The third-order valence-electron chi connectivity index (χ3n) is 4.89. The van der Waals surface area contributed by atoms with Gasteiger partial charge < -0.3 is 19.7 Å². The number of para-hydroxylation sites is 1. The van der Waals surface area contributed by atoms with E-state index in [9.17, 15) is 14.0 Å². The van der Waals surface area contributed by atoms with Gasteiger partial charge in [0, 0.05) is 25.9 Å². The summed E-state index contributed by atoms with van der Waals surface area (Å²) in [4.78, 5) is 27.3. The lowest BCUT2D eigenvalue weighted by molar-refractivity contribution is -0.135. The number of rotatable bonds is 4. The fourth-order valence-electron chi connectivity index (χ4n) is 3.30. The highest BCUT2D eigenvalue weighted by Gasteiger charge is 2.45. The lowest BCUT2D eigenvalue weighted by Gasteiger charge is -2.40. The second-order valence-electron chi connectivity index (χ2n) is 8.43. The number of carbonyl (C=O) groups is 2. The van der Waals surface area contributed by atoms with Crippen LogP contribution in [0.1, 0.15) is 33.6 Å². The predicted octanol–water partition coefficient (Wildman–Crippen LogP) is 5.27. The summed E-state index contributed by atoms with van der Waals surface area (Å²) in [6.45, 7) is 5.90. The third kappa shape index (κ3) is 5.67.